The molecule has 3 heteroatoms. The fourth-order valence-corrected chi connectivity index (χ4v) is 6.04. The maximum atomic E-state index is 14.8. The Hall–Kier alpha value is -2.83. The van der Waals surface area contributed by atoms with E-state index in [0.717, 1.165) is 27.1 Å². The molecule has 1 unspecified atom stereocenters. The molecule has 0 spiro atoms. The van der Waals surface area contributed by atoms with Crippen LogP contribution in [-0.2, 0) is 4.57 Å². The summed E-state index contributed by atoms with van der Waals surface area (Å²) >= 11 is 0. The van der Waals surface area contributed by atoms with E-state index in [1.54, 1.807) is 7.11 Å². The number of allylic oxidation sites excluding steroid dienone is 2. The van der Waals surface area contributed by atoms with Crippen molar-refractivity contribution in [1.82, 2.24) is 0 Å². The number of rotatable bonds is 6. The summed E-state index contributed by atoms with van der Waals surface area (Å²) in [5.74, 6) is 0.686. The van der Waals surface area contributed by atoms with Crippen LogP contribution < -0.4 is 15.3 Å². The van der Waals surface area contributed by atoms with E-state index in [-0.39, 0.29) is 0 Å². The molecule has 0 aliphatic carbocycles. The van der Waals surface area contributed by atoms with Gasteiger partial charge in [0.05, 0.1) is 7.11 Å². The van der Waals surface area contributed by atoms with E-state index in [4.69, 9.17) is 4.74 Å². The molecule has 0 amide bonds. The van der Waals surface area contributed by atoms with Crippen molar-refractivity contribution in [2.75, 3.05) is 7.11 Å². The summed E-state index contributed by atoms with van der Waals surface area (Å²) in [6.45, 7) is 5.95. The van der Waals surface area contributed by atoms with Gasteiger partial charge in [0.1, 0.15) is 5.75 Å². The van der Waals surface area contributed by atoms with Crippen LogP contribution in [0.3, 0.4) is 0 Å². The van der Waals surface area contributed by atoms with Gasteiger partial charge in [0.25, 0.3) is 0 Å². The van der Waals surface area contributed by atoms with Gasteiger partial charge in [-0.3, -0.25) is 0 Å². The molecule has 2 nitrogen and oxygen atoms in total. The van der Waals surface area contributed by atoms with E-state index in [1.807, 2.05) is 97.9 Å². The summed E-state index contributed by atoms with van der Waals surface area (Å²) in [4.78, 5) is 0. The third kappa shape index (κ3) is 3.97. The first-order valence-corrected chi connectivity index (χ1v) is 10.5. The highest BCUT2D eigenvalue weighted by atomic mass is 31.2. The zero-order valence-electron chi connectivity index (χ0n) is 15.6. The highest BCUT2D eigenvalue weighted by molar-refractivity contribution is 7.87. The Labute approximate surface area is 161 Å². The standard InChI is InChI=1S/C24H23O2P/c1-19(2)17-24(20-11-6-4-7-12-20)27(25,22-14-8-5-9-15-22)23-16-10-13-21(18-23)26-3/h4-18H,1H2,2-3H3/b24-17+. The Morgan fingerprint density at radius 2 is 1.48 bits per heavy atom. The fraction of sp³-hybridized carbons (Fsp3) is 0.0833. The van der Waals surface area contributed by atoms with Gasteiger partial charge in [-0.15, -0.1) is 0 Å². The molecule has 0 aliphatic rings. The molecule has 0 bridgehead atoms. The second kappa shape index (κ2) is 8.24. The Balaban J connectivity index is 2.35. The summed E-state index contributed by atoms with van der Waals surface area (Å²) in [5.41, 5.74) is 1.78. The zero-order valence-corrected chi connectivity index (χ0v) is 16.5. The van der Waals surface area contributed by atoms with Crippen molar-refractivity contribution >= 4 is 23.1 Å². The van der Waals surface area contributed by atoms with Crippen LogP contribution in [0.25, 0.3) is 5.31 Å². The first kappa shape index (κ1) is 18.9. The average Bonchev–Trinajstić information content (AvgIpc) is 2.72. The van der Waals surface area contributed by atoms with E-state index in [9.17, 15) is 4.57 Å². The minimum atomic E-state index is -3.13. The minimum Gasteiger partial charge on any atom is -0.497 e. The Bertz CT molecular complexity index is 1000. The average molecular weight is 374 g/mol. The largest absolute Gasteiger partial charge is 0.497 e. The molecule has 3 aromatic carbocycles. The molecule has 1 atom stereocenters. The second-order valence-corrected chi connectivity index (χ2v) is 9.12. The van der Waals surface area contributed by atoms with Crippen molar-refractivity contribution in [2.45, 2.75) is 6.92 Å². The van der Waals surface area contributed by atoms with E-state index in [2.05, 4.69) is 6.58 Å². The van der Waals surface area contributed by atoms with Crippen LogP contribution in [0, 0.1) is 0 Å². The summed E-state index contributed by atoms with van der Waals surface area (Å²) in [7, 11) is -1.51. The summed E-state index contributed by atoms with van der Waals surface area (Å²) in [6.07, 6.45) is 1.93. The van der Waals surface area contributed by atoms with Gasteiger partial charge in [0.15, 0.2) is 7.14 Å². The highest BCUT2D eigenvalue weighted by Gasteiger charge is 2.33. The molecule has 0 aromatic heterocycles. The first-order valence-electron chi connectivity index (χ1n) is 8.79. The van der Waals surface area contributed by atoms with E-state index in [0.29, 0.717) is 5.75 Å². The summed E-state index contributed by atoms with van der Waals surface area (Å²) in [5, 5.41) is 2.30. The Morgan fingerprint density at radius 3 is 2.07 bits per heavy atom. The van der Waals surface area contributed by atoms with Crippen molar-refractivity contribution in [1.29, 1.82) is 0 Å². The van der Waals surface area contributed by atoms with E-state index < -0.39 is 7.14 Å². The van der Waals surface area contributed by atoms with Crippen molar-refractivity contribution in [3.05, 3.63) is 109 Å². The van der Waals surface area contributed by atoms with Gasteiger partial charge in [-0.2, -0.15) is 0 Å². The molecule has 0 fully saturated rings. The smallest absolute Gasteiger partial charge is 0.171 e. The monoisotopic (exact) mass is 374 g/mol. The van der Waals surface area contributed by atoms with E-state index >= 15 is 0 Å². The van der Waals surface area contributed by atoms with Crippen LogP contribution in [0.4, 0.5) is 0 Å². The first-order chi connectivity index (χ1) is 13.1. The molecule has 0 heterocycles. The van der Waals surface area contributed by atoms with Gasteiger partial charge in [-0.05, 0) is 30.7 Å². The molecule has 0 radical (unpaired) electrons. The topological polar surface area (TPSA) is 26.3 Å². The SMILES string of the molecule is C=C(C)/C=C(\c1ccccc1)P(=O)(c1ccccc1)c1cccc(OC)c1. The molecule has 0 saturated carbocycles. The van der Waals surface area contributed by atoms with Crippen LogP contribution >= 0.6 is 7.14 Å². The second-order valence-electron chi connectivity index (χ2n) is 6.39. The van der Waals surface area contributed by atoms with Gasteiger partial charge < -0.3 is 9.30 Å². The Kier molecular flexibility index (Phi) is 5.78. The molecule has 136 valence electrons. The van der Waals surface area contributed by atoms with Gasteiger partial charge >= 0.3 is 0 Å². The fourth-order valence-electron chi connectivity index (χ4n) is 3.07. The number of hydrogen-bond donors (Lipinski definition) is 0. The quantitative estimate of drug-likeness (QED) is 0.413. The number of ether oxygens (including phenoxy) is 1. The zero-order chi connectivity index (χ0) is 19.3. The van der Waals surface area contributed by atoms with Crippen molar-refractivity contribution in [2.24, 2.45) is 0 Å². The number of benzene rings is 3. The summed E-state index contributed by atoms with van der Waals surface area (Å²) in [6, 6.07) is 27.0. The number of methoxy groups -OCH3 is 1. The summed E-state index contributed by atoms with van der Waals surface area (Å²) < 4.78 is 20.2. The normalized spacial score (nSPS) is 13.6. The van der Waals surface area contributed by atoms with Crippen molar-refractivity contribution < 1.29 is 9.30 Å². The predicted octanol–water partition coefficient (Wildman–Crippen LogP) is 5.63. The molecular weight excluding hydrogens is 351 g/mol. The van der Waals surface area contributed by atoms with E-state index in [1.165, 1.54) is 0 Å². The lowest BCUT2D eigenvalue weighted by Gasteiger charge is -2.24. The molecule has 0 N–H and O–H groups in total. The Morgan fingerprint density at radius 1 is 0.889 bits per heavy atom. The highest BCUT2D eigenvalue weighted by Crippen LogP contribution is 2.57. The van der Waals surface area contributed by atoms with Crippen LogP contribution in [0.5, 0.6) is 5.75 Å². The lowest BCUT2D eigenvalue weighted by atomic mass is 10.2. The number of hydrogen-bond acceptors (Lipinski definition) is 2. The molecule has 0 aliphatic heterocycles. The molecule has 3 aromatic rings. The van der Waals surface area contributed by atoms with Gasteiger partial charge in [0, 0.05) is 15.9 Å². The lowest BCUT2D eigenvalue weighted by Crippen LogP contribution is -2.17. The van der Waals surface area contributed by atoms with Crippen LogP contribution in [0.1, 0.15) is 12.5 Å². The predicted molar refractivity (Wildman–Crippen MR) is 116 cm³/mol. The lowest BCUT2D eigenvalue weighted by molar-refractivity contribution is 0.415. The molecule has 27 heavy (non-hydrogen) atoms. The van der Waals surface area contributed by atoms with Crippen LogP contribution in [-0.4, -0.2) is 7.11 Å². The maximum absolute atomic E-state index is 14.8. The molecule has 0 saturated heterocycles. The molecular formula is C24H23O2P. The van der Waals surface area contributed by atoms with Crippen molar-refractivity contribution in [3.63, 3.8) is 0 Å². The maximum Gasteiger partial charge on any atom is 0.171 e. The molecule has 3 rings (SSSR count). The minimum absolute atomic E-state index is 0.686. The van der Waals surface area contributed by atoms with Crippen LogP contribution in [0.15, 0.2) is 103 Å². The van der Waals surface area contributed by atoms with Gasteiger partial charge in [0.2, 0.25) is 0 Å². The third-order valence-corrected chi connectivity index (χ3v) is 7.43. The van der Waals surface area contributed by atoms with Crippen molar-refractivity contribution in [3.8, 4) is 5.75 Å². The third-order valence-electron chi connectivity index (χ3n) is 4.33. The van der Waals surface area contributed by atoms with Gasteiger partial charge in [-0.25, -0.2) is 0 Å². The van der Waals surface area contributed by atoms with Crippen LogP contribution in [0.2, 0.25) is 0 Å². The van der Waals surface area contributed by atoms with Gasteiger partial charge in [-0.1, -0.05) is 84.9 Å².